The topological polar surface area (TPSA) is 38.3 Å². The Kier molecular flexibility index (Phi) is 2.86. The minimum absolute atomic E-state index is 0.126. The van der Waals surface area contributed by atoms with E-state index in [2.05, 4.69) is 5.32 Å². The molecule has 18 heavy (non-hydrogen) atoms. The van der Waals surface area contributed by atoms with Crippen molar-refractivity contribution in [3.63, 3.8) is 0 Å². The van der Waals surface area contributed by atoms with Crippen LogP contribution in [0.1, 0.15) is 35.2 Å². The van der Waals surface area contributed by atoms with Gasteiger partial charge in [0.2, 0.25) is 0 Å². The highest BCUT2D eigenvalue weighted by Crippen LogP contribution is 2.48. The first-order valence-electron chi connectivity index (χ1n) is 6.70. The van der Waals surface area contributed by atoms with E-state index in [1.54, 1.807) is 0 Å². The second kappa shape index (κ2) is 4.39. The number of ether oxygens (including phenoxy) is 1. The van der Waals surface area contributed by atoms with Crippen LogP contribution < -0.4 is 10.1 Å². The van der Waals surface area contributed by atoms with E-state index < -0.39 is 0 Å². The van der Waals surface area contributed by atoms with Crippen molar-refractivity contribution in [3.8, 4) is 5.75 Å². The maximum Gasteiger partial charge on any atom is 0.170 e. The van der Waals surface area contributed by atoms with E-state index >= 15 is 0 Å². The van der Waals surface area contributed by atoms with Crippen molar-refractivity contribution in [2.45, 2.75) is 25.7 Å². The van der Waals surface area contributed by atoms with Gasteiger partial charge in [0, 0.05) is 17.5 Å². The highest BCUT2D eigenvalue weighted by atomic mass is 16.5. The average molecular weight is 245 g/mol. The third-order valence-electron chi connectivity index (χ3n) is 4.02. The van der Waals surface area contributed by atoms with Crippen LogP contribution in [0.5, 0.6) is 5.75 Å². The summed E-state index contributed by atoms with van der Waals surface area (Å²) in [4.78, 5) is 12.5. The summed E-state index contributed by atoms with van der Waals surface area (Å²) >= 11 is 0. The van der Waals surface area contributed by atoms with E-state index in [0.29, 0.717) is 5.78 Å². The molecule has 1 heterocycles. The van der Waals surface area contributed by atoms with Crippen LogP contribution in [0.15, 0.2) is 18.2 Å². The zero-order valence-electron chi connectivity index (χ0n) is 10.8. The van der Waals surface area contributed by atoms with Gasteiger partial charge in [0.15, 0.2) is 5.78 Å². The fourth-order valence-electron chi connectivity index (χ4n) is 2.78. The molecule has 1 saturated carbocycles. The number of hydrogen-bond donors (Lipinski definition) is 1. The lowest BCUT2D eigenvalue weighted by Crippen LogP contribution is -2.28. The number of fused-ring (bicyclic) bond motifs is 1. The van der Waals surface area contributed by atoms with Crippen molar-refractivity contribution >= 4 is 5.78 Å². The Morgan fingerprint density at radius 3 is 3.00 bits per heavy atom. The van der Waals surface area contributed by atoms with Crippen molar-refractivity contribution in [1.82, 2.24) is 5.32 Å². The van der Waals surface area contributed by atoms with Crippen LogP contribution in [0.2, 0.25) is 0 Å². The molecule has 0 unspecified atom stereocenters. The molecule has 0 atom stereocenters. The van der Waals surface area contributed by atoms with E-state index in [1.807, 2.05) is 25.2 Å². The SMILES string of the molecule is CNCC1(C(=O)c2ccc3c(c2)CCCO3)CC1. The van der Waals surface area contributed by atoms with Gasteiger partial charge in [-0.3, -0.25) is 4.79 Å². The summed E-state index contributed by atoms with van der Waals surface area (Å²) in [6, 6.07) is 5.91. The second-order valence-corrected chi connectivity index (χ2v) is 5.41. The number of aryl methyl sites for hydroxylation is 1. The maximum absolute atomic E-state index is 12.5. The summed E-state index contributed by atoms with van der Waals surface area (Å²) in [5.74, 6) is 1.25. The molecule has 0 amide bonds. The van der Waals surface area contributed by atoms with Gasteiger partial charge >= 0.3 is 0 Å². The van der Waals surface area contributed by atoms with Crippen molar-refractivity contribution in [3.05, 3.63) is 29.3 Å². The van der Waals surface area contributed by atoms with Gasteiger partial charge in [-0.2, -0.15) is 0 Å². The number of ketones is 1. The van der Waals surface area contributed by atoms with Crippen molar-refractivity contribution < 1.29 is 9.53 Å². The van der Waals surface area contributed by atoms with E-state index in [9.17, 15) is 4.79 Å². The molecule has 3 nitrogen and oxygen atoms in total. The molecule has 1 fully saturated rings. The van der Waals surface area contributed by atoms with Crippen LogP contribution in [-0.2, 0) is 6.42 Å². The zero-order chi connectivity index (χ0) is 12.6. The Hall–Kier alpha value is -1.35. The maximum atomic E-state index is 12.5. The van der Waals surface area contributed by atoms with E-state index in [0.717, 1.165) is 50.1 Å². The minimum Gasteiger partial charge on any atom is -0.493 e. The van der Waals surface area contributed by atoms with Gasteiger partial charge in [-0.15, -0.1) is 0 Å². The van der Waals surface area contributed by atoms with Crippen molar-refractivity contribution in [2.75, 3.05) is 20.2 Å². The number of Topliss-reactive ketones (excluding diaryl/α,β-unsaturated/α-hetero) is 1. The van der Waals surface area contributed by atoms with Gasteiger partial charge in [0.25, 0.3) is 0 Å². The molecule has 2 aliphatic rings. The summed E-state index contributed by atoms with van der Waals surface area (Å²) < 4.78 is 5.58. The molecule has 96 valence electrons. The molecule has 1 aromatic carbocycles. The predicted octanol–water partition coefficient (Wildman–Crippen LogP) is 2.19. The molecule has 1 N–H and O–H groups in total. The molecule has 0 spiro atoms. The molecular weight excluding hydrogens is 226 g/mol. The molecular formula is C15H19NO2. The number of hydrogen-bond acceptors (Lipinski definition) is 3. The third kappa shape index (κ3) is 1.93. The molecule has 1 aliphatic heterocycles. The van der Waals surface area contributed by atoms with Crippen LogP contribution in [0.25, 0.3) is 0 Å². The number of rotatable bonds is 4. The minimum atomic E-state index is -0.126. The fourth-order valence-corrected chi connectivity index (χ4v) is 2.78. The average Bonchev–Trinajstić information content (AvgIpc) is 3.19. The van der Waals surface area contributed by atoms with Crippen LogP contribution >= 0.6 is 0 Å². The summed E-state index contributed by atoms with van der Waals surface area (Å²) in [6.45, 7) is 1.59. The summed E-state index contributed by atoms with van der Waals surface area (Å²) in [5.41, 5.74) is 1.91. The Balaban J connectivity index is 1.86. The Bertz CT molecular complexity index is 477. The standard InChI is InChI=1S/C15H19NO2/c1-16-10-15(6-7-15)14(17)12-4-5-13-11(9-12)3-2-8-18-13/h4-5,9,16H,2-3,6-8,10H2,1H3. The monoisotopic (exact) mass is 245 g/mol. The Morgan fingerprint density at radius 1 is 1.44 bits per heavy atom. The van der Waals surface area contributed by atoms with Crippen molar-refractivity contribution in [1.29, 1.82) is 0 Å². The zero-order valence-corrected chi connectivity index (χ0v) is 10.8. The number of carbonyl (C=O) groups excluding carboxylic acids is 1. The Morgan fingerprint density at radius 2 is 2.28 bits per heavy atom. The lowest BCUT2D eigenvalue weighted by Gasteiger charge is -2.19. The highest BCUT2D eigenvalue weighted by molar-refractivity contribution is 6.02. The summed E-state index contributed by atoms with van der Waals surface area (Å²) in [6.07, 6.45) is 4.10. The molecule has 0 aromatic heterocycles. The first-order chi connectivity index (χ1) is 8.75. The van der Waals surface area contributed by atoms with E-state index in [1.165, 1.54) is 5.56 Å². The van der Waals surface area contributed by atoms with Gasteiger partial charge < -0.3 is 10.1 Å². The number of nitrogens with one attached hydrogen (secondary N) is 1. The molecule has 3 heteroatoms. The fraction of sp³-hybridized carbons (Fsp3) is 0.533. The van der Waals surface area contributed by atoms with Crippen LogP contribution in [0.3, 0.4) is 0 Å². The van der Waals surface area contributed by atoms with E-state index in [-0.39, 0.29) is 5.41 Å². The lowest BCUT2D eigenvalue weighted by molar-refractivity contribution is 0.0900. The molecule has 0 saturated heterocycles. The largest absolute Gasteiger partial charge is 0.493 e. The van der Waals surface area contributed by atoms with Gasteiger partial charge in [-0.25, -0.2) is 0 Å². The first-order valence-corrected chi connectivity index (χ1v) is 6.70. The second-order valence-electron chi connectivity index (χ2n) is 5.41. The Labute approximate surface area is 108 Å². The highest BCUT2D eigenvalue weighted by Gasteiger charge is 2.49. The van der Waals surface area contributed by atoms with Gasteiger partial charge in [-0.05, 0) is 56.5 Å². The molecule has 0 bridgehead atoms. The van der Waals surface area contributed by atoms with Crippen LogP contribution in [0.4, 0.5) is 0 Å². The first kappa shape index (κ1) is 11.7. The van der Waals surface area contributed by atoms with Crippen molar-refractivity contribution in [2.24, 2.45) is 5.41 Å². The van der Waals surface area contributed by atoms with E-state index in [4.69, 9.17) is 4.74 Å². The predicted molar refractivity (Wildman–Crippen MR) is 70.2 cm³/mol. The van der Waals surface area contributed by atoms with Crippen LogP contribution in [-0.4, -0.2) is 26.0 Å². The molecule has 3 rings (SSSR count). The summed E-state index contributed by atoms with van der Waals surface area (Å²) in [5, 5.41) is 3.14. The summed E-state index contributed by atoms with van der Waals surface area (Å²) in [7, 11) is 1.91. The van der Waals surface area contributed by atoms with Gasteiger partial charge in [0.1, 0.15) is 5.75 Å². The quantitative estimate of drug-likeness (QED) is 0.826. The third-order valence-corrected chi connectivity index (χ3v) is 4.02. The normalized spacial score (nSPS) is 19.8. The molecule has 1 aromatic rings. The van der Waals surface area contributed by atoms with Gasteiger partial charge in [0.05, 0.1) is 6.61 Å². The van der Waals surface area contributed by atoms with Crippen LogP contribution in [0, 0.1) is 5.41 Å². The smallest absolute Gasteiger partial charge is 0.170 e. The lowest BCUT2D eigenvalue weighted by atomic mass is 9.92. The number of carbonyl (C=O) groups is 1. The number of benzene rings is 1. The molecule has 0 radical (unpaired) electrons. The molecule has 1 aliphatic carbocycles. The van der Waals surface area contributed by atoms with Gasteiger partial charge in [-0.1, -0.05) is 0 Å².